The van der Waals surface area contributed by atoms with Gasteiger partial charge in [-0.05, 0) is 46.4 Å². The second kappa shape index (κ2) is 6.54. The number of nitrogens with zero attached hydrogens (tertiary/aromatic N) is 3. The molecule has 0 saturated carbocycles. The SMILES string of the molecule is COc1cnn(CCN(C)C)c1C1(F)CCCNCC1. The number of methoxy groups -OCH3 is 1. The van der Waals surface area contributed by atoms with Crippen LogP contribution in [0, 0.1) is 0 Å². The average Bonchev–Trinajstić information content (AvgIpc) is 2.72. The predicted octanol–water partition coefficient (Wildman–Crippen LogP) is 1.39. The van der Waals surface area contributed by atoms with Crippen molar-refractivity contribution in [1.29, 1.82) is 0 Å². The van der Waals surface area contributed by atoms with Crippen LogP contribution in [-0.2, 0) is 12.2 Å². The van der Waals surface area contributed by atoms with Crippen molar-refractivity contribution < 1.29 is 9.13 Å². The van der Waals surface area contributed by atoms with E-state index in [0.29, 0.717) is 37.4 Å². The Hall–Kier alpha value is -1.14. The summed E-state index contributed by atoms with van der Waals surface area (Å²) in [6.45, 7) is 3.06. The van der Waals surface area contributed by atoms with Crippen LogP contribution in [0.2, 0.25) is 0 Å². The number of nitrogens with one attached hydrogen (secondary N) is 1. The van der Waals surface area contributed by atoms with Gasteiger partial charge in [0.25, 0.3) is 0 Å². The van der Waals surface area contributed by atoms with Crippen molar-refractivity contribution in [3.63, 3.8) is 0 Å². The molecule has 6 heteroatoms. The molecule has 1 fully saturated rings. The molecule has 1 saturated heterocycles. The molecule has 1 N–H and O–H groups in total. The monoisotopic (exact) mass is 284 g/mol. The molecule has 1 aliphatic rings. The summed E-state index contributed by atoms with van der Waals surface area (Å²) in [5, 5.41) is 7.57. The molecule has 0 bridgehead atoms. The Balaban J connectivity index is 2.28. The van der Waals surface area contributed by atoms with Crippen molar-refractivity contribution in [2.24, 2.45) is 0 Å². The number of aromatic nitrogens is 2. The third-order valence-electron chi connectivity index (χ3n) is 3.83. The largest absolute Gasteiger partial charge is 0.493 e. The van der Waals surface area contributed by atoms with Crippen LogP contribution in [0.25, 0.3) is 0 Å². The van der Waals surface area contributed by atoms with E-state index in [1.54, 1.807) is 18.0 Å². The summed E-state index contributed by atoms with van der Waals surface area (Å²) in [6.07, 6.45) is 3.45. The molecule has 0 spiro atoms. The lowest BCUT2D eigenvalue weighted by Gasteiger charge is -2.25. The van der Waals surface area contributed by atoms with E-state index in [4.69, 9.17) is 4.74 Å². The molecule has 114 valence electrons. The van der Waals surface area contributed by atoms with Gasteiger partial charge in [0, 0.05) is 6.54 Å². The van der Waals surface area contributed by atoms with Crippen LogP contribution >= 0.6 is 0 Å². The number of rotatable bonds is 5. The molecule has 1 aromatic rings. The summed E-state index contributed by atoms with van der Waals surface area (Å²) in [7, 11) is 5.58. The molecule has 1 aliphatic heterocycles. The first-order valence-corrected chi connectivity index (χ1v) is 7.21. The van der Waals surface area contributed by atoms with Crippen molar-refractivity contribution in [3.05, 3.63) is 11.9 Å². The summed E-state index contributed by atoms with van der Waals surface area (Å²) in [5.74, 6) is 0.563. The van der Waals surface area contributed by atoms with Gasteiger partial charge in [-0.3, -0.25) is 4.68 Å². The maximum Gasteiger partial charge on any atom is 0.163 e. The second-order valence-electron chi connectivity index (χ2n) is 5.66. The van der Waals surface area contributed by atoms with Crippen LogP contribution in [0.15, 0.2) is 6.20 Å². The maximum absolute atomic E-state index is 15.4. The smallest absolute Gasteiger partial charge is 0.163 e. The Morgan fingerprint density at radius 2 is 2.25 bits per heavy atom. The molecule has 1 unspecified atom stereocenters. The topological polar surface area (TPSA) is 42.3 Å². The van der Waals surface area contributed by atoms with Gasteiger partial charge in [-0.15, -0.1) is 0 Å². The third-order valence-corrected chi connectivity index (χ3v) is 3.83. The molecule has 2 rings (SSSR count). The molecule has 1 atom stereocenters. The van der Waals surface area contributed by atoms with E-state index < -0.39 is 5.67 Å². The van der Waals surface area contributed by atoms with Gasteiger partial charge in [-0.2, -0.15) is 5.10 Å². The Morgan fingerprint density at radius 3 is 2.95 bits per heavy atom. The molecular weight excluding hydrogens is 259 g/mol. The number of ether oxygens (including phenoxy) is 1. The Morgan fingerprint density at radius 1 is 1.45 bits per heavy atom. The molecular formula is C14H25FN4O. The van der Waals surface area contributed by atoms with Crippen molar-refractivity contribution >= 4 is 0 Å². The van der Waals surface area contributed by atoms with Crippen molar-refractivity contribution in [1.82, 2.24) is 20.0 Å². The van der Waals surface area contributed by atoms with E-state index in [-0.39, 0.29) is 0 Å². The molecule has 0 radical (unpaired) electrons. The van der Waals surface area contributed by atoms with E-state index in [0.717, 1.165) is 19.5 Å². The van der Waals surface area contributed by atoms with Crippen LogP contribution < -0.4 is 10.1 Å². The summed E-state index contributed by atoms with van der Waals surface area (Å²) in [5.41, 5.74) is -0.747. The molecule has 0 amide bonds. The summed E-state index contributed by atoms with van der Waals surface area (Å²) >= 11 is 0. The molecule has 0 aliphatic carbocycles. The van der Waals surface area contributed by atoms with Crippen LogP contribution in [0.5, 0.6) is 5.75 Å². The molecule has 1 aromatic heterocycles. The van der Waals surface area contributed by atoms with Crippen LogP contribution in [0.3, 0.4) is 0 Å². The lowest BCUT2D eigenvalue weighted by Crippen LogP contribution is -2.29. The fourth-order valence-electron chi connectivity index (χ4n) is 2.70. The van der Waals surface area contributed by atoms with Gasteiger partial charge in [-0.25, -0.2) is 4.39 Å². The van der Waals surface area contributed by atoms with Gasteiger partial charge >= 0.3 is 0 Å². The van der Waals surface area contributed by atoms with Crippen LogP contribution in [-0.4, -0.2) is 55.5 Å². The van der Waals surface area contributed by atoms with Crippen molar-refractivity contribution in [3.8, 4) is 5.75 Å². The van der Waals surface area contributed by atoms with Crippen LogP contribution in [0.1, 0.15) is 25.0 Å². The number of likely N-dealkylation sites (N-methyl/N-ethyl adjacent to an activating group) is 1. The first kappa shape index (κ1) is 15.3. The van der Waals surface area contributed by atoms with Gasteiger partial charge in [0.15, 0.2) is 11.4 Å². The normalized spacial score (nSPS) is 23.9. The standard InChI is InChI=1S/C14H25FN4O/c1-18(2)9-10-19-13(12(20-3)11-17-19)14(15)5-4-7-16-8-6-14/h11,16H,4-10H2,1-3H3. The highest BCUT2D eigenvalue weighted by Crippen LogP contribution is 2.40. The highest BCUT2D eigenvalue weighted by molar-refractivity contribution is 5.31. The summed E-state index contributed by atoms with van der Waals surface area (Å²) < 4.78 is 22.5. The minimum Gasteiger partial charge on any atom is -0.493 e. The third kappa shape index (κ3) is 3.30. The highest BCUT2D eigenvalue weighted by atomic mass is 19.1. The molecule has 20 heavy (non-hydrogen) atoms. The minimum absolute atomic E-state index is 0.469. The zero-order valence-electron chi connectivity index (χ0n) is 12.7. The second-order valence-corrected chi connectivity index (χ2v) is 5.66. The number of hydrogen-bond acceptors (Lipinski definition) is 4. The first-order valence-electron chi connectivity index (χ1n) is 7.21. The van der Waals surface area contributed by atoms with Gasteiger partial charge < -0.3 is 15.0 Å². The lowest BCUT2D eigenvalue weighted by molar-refractivity contribution is 0.125. The molecule has 0 aromatic carbocycles. The van der Waals surface area contributed by atoms with E-state index >= 15 is 4.39 Å². The quantitative estimate of drug-likeness (QED) is 0.887. The zero-order chi connectivity index (χ0) is 14.6. The van der Waals surface area contributed by atoms with E-state index in [2.05, 4.69) is 15.3 Å². The molecule has 5 nitrogen and oxygen atoms in total. The maximum atomic E-state index is 15.4. The van der Waals surface area contributed by atoms with E-state index in [9.17, 15) is 0 Å². The predicted molar refractivity (Wildman–Crippen MR) is 76.8 cm³/mol. The summed E-state index contributed by atoms with van der Waals surface area (Å²) in [6, 6.07) is 0. The van der Waals surface area contributed by atoms with E-state index in [1.807, 2.05) is 14.1 Å². The Labute approximate surface area is 120 Å². The first-order chi connectivity index (χ1) is 9.57. The van der Waals surface area contributed by atoms with Gasteiger partial charge in [0.2, 0.25) is 0 Å². The number of alkyl halides is 1. The summed E-state index contributed by atoms with van der Waals surface area (Å²) in [4.78, 5) is 2.07. The fourth-order valence-corrected chi connectivity index (χ4v) is 2.70. The van der Waals surface area contributed by atoms with Crippen molar-refractivity contribution in [2.45, 2.75) is 31.5 Å². The lowest BCUT2D eigenvalue weighted by atomic mass is 9.92. The Kier molecular flexibility index (Phi) is 4.99. The zero-order valence-corrected chi connectivity index (χ0v) is 12.7. The minimum atomic E-state index is -1.35. The Bertz CT molecular complexity index is 425. The molecule has 2 heterocycles. The van der Waals surface area contributed by atoms with Gasteiger partial charge in [0.1, 0.15) is 5.69 Å². The van der Waals surface area contributed by atoms with Crippen molar-refractivity contribution in [2.75, 3.05) is 40.8 Å². The number of hydrogen-bond donors (Lipinski definition) is 1. The van der Waals surface area contributed by atoms with Gasteiger partial charge in [-0.1, -0.05) is 0 Å². The van der Waals surface area contributed by atoms with Crippen LogP contribution in [0.4, 0.5) is 4.39 Å². The van der Waals surface area contributed by atoms with Gasteiger partial charge in [0.05, 0.1) is 19.9 Å². The highest BCUT2D eigenvalue weighted by Gasteiger charge is 2.38. The number of halogens is 1. The van der Waals surface area contributed by atoms with E-state index in [1.165, 1.54) is 0 Å². The average molecular weight is 284 g/mol. The fraction of sp³-hybridized carbons (Fsp3) is 0.786.